The van der Waals surface area contributed by atoms with Crippen LogP contribution in [0.5, 0.6) is 0 Å². The summed E-state index contributed by atoms with van der Waals surface area (Å²) >= 11 is 0. The summed E-state index contributed by atoms with van der Waals surface area (Å²) in [5, 5.41) is 9.21. The fourth-order valence-corrected chi connectivity index (χ4v) is 5.84. The molecule has 0 radical (unpaired) electrons. The van der Waals surface area contributed by atoms with Crippen molar-refractivity contribution in [3.8, 4) is 22.3 Å². The quantitative estimate of drug-likeness (QED) is 0.146. The van der Waals surface area contributed by atoms with E-state index in [2.05, 4.69) is 80.2 Å². The van der Waals surface area contributed by atoms with Gasteiger partial charge in [-0.15, -0.1) is 0 Å². The second-order valence-corrected chi connectivity index (χ2v) is 11.2. The standard InChI is InChI=1S/C36H44O3/c1-4-5-6-7-27-8-12-29(13-9-27)30-16-18-32(19-17-30)35-21-20-33(24-34(35)25-39-36(38)26(2)3)31-14-10-28(11-15-31)22-23-37/h10-11,14-21,24,27,29,37H,2,4-9,12-13,22-23,25H2,1,3H3. The highest BCUT2D eigenvalue weighted by atomic mass is 16.5. The third-order valence-corrected chi connectivity index (χ3v) is 8.26. The van der Waals surface area contributed by atoms with Gasteiger partial charge in [-0.3, -0.25) is 0 Å². The molecule has 206 valence electrons. The van der Waals surface area contributed by atoms with Gasteiger partial charge in [0, 0.05) is 12.2 Å². The van der Waals surface area contributed by atoms with Gasteiger partial charge in [-0.2, -0.15) is 0 Å². The zero-order valence-electron chi connectivity index (χ0n) is 23.8. The molecule has 3 heteroatoms. The van der Waals surface area contributed by atoms with E-state index in [1.165, 1.54) is 56.9 Å². The van der Waals surface area contributed by atoms with Crippen LogP contribution in [0, 0.1) is 5.92 Å². The highest BCUT2D eigenvalue weighted by molar-refractivity contribution is 5.87. The number of esters is 1. The summed E-state index contributed by atoms with van der Waals surface area (Å²) in [6.07, 6.45) is 11.4. The number of aliphatic hydroxyl groups is 1. The average Bonchev–Trinajstić information content (AvgIpc) is 2.97. The van der Waals surface area contributed by atoms with Gasteiger partial charge in [0.05, 0.1) is 0 Å². The Kier molecular flexibility index (Phi) is 10.6. The lowest BCUT2D eigenvalue weighted by Crippen LogP contribution is -2.13. The summed E-state index contributed by atoms with van der Waals surface area (Å²) in [5.74, 6) is 1.20. The molecule has 0 atom stereocenters. The molecule has 0 aliphatic heterocycles. The maximum absolute atomic E-state index is 12.2. The first kappa shape index (κ1) is 28.8. The summed E-state index contributed by atoms with van der Waals surface area (Å²) in [7, 11) is 0. The second-order valence-electron chi connectivity index (χ2n) is 11.2. The number of hydrogen-bond donors (Lipinski definition) is 1. The predicted octanol–water partition coefficient (Wildman–Crippen LogP) is 9.03. The van der Waals surface area contributed by atoms with Crippen LogP contribution in [0.2, 0.25) is 0 Å². The van der Waals surface area contributed by atoms with Crippen molar-refractivity contribution >= 4 is 5.97 Å². The molecule has 0 amide bonds. The van der Waals surface area contributed by atoms with Crippen LogP contribution >= 0.6 is 0 Å². The maximum atomic E-state index is 12.2. The Morgan fingerprint density at radius 1 is 0.897 bits per heavy atom. The number of ether oxygens (including phenoxy) is 1. The van der Waals surface area contributed by atoms with E-state index in [1.807, 2.05) is 0 Å². The SMILES string of the molecule is C=C(C)C(=O)OCc1cc(-c2ccc(CCO)cc2)ccc1-c1ccc(C2CCC(CCCCC)CC2)cc1. The molecule has 1 saturated carbocycles. The van der Waals surface area contributed by atoms with E-state index in [1.54, 1.807) is 6.92 Å². The first-order valence-corrected chi connectivity index (χ1v) is 14.7. The molecule has 3 aromatic carbocycles. The lowest BCUT2D eigenvalue weighted by atomic mass is 9.77. The largest absolute Gasteiger partial charge is 0.457 e. The molecule has 1 aliphatic rings. The van der Waals surface area contributed by atoms with Gasteiger partial charge >= 0.3 is 5.97 Å². The number of hydrogen-bond acceptors (Lipinski definition) is 3. The van der Waals surface area contributed by atoms with Gasteiger partial charge < -0.3 is 9.84 Å². The van der Waals surface area contributed by atoms with Crippen LogP contribution < -0.4 is 0 Å². The summed E-state index contributed by atoms with van der Waals surface area (Å²) in [6.45, 7) is 8.02. The van der Waals surface area contributed by atoms with Crippen molar-refractivity contribution < 1.29 is 14.6 Å². The van der Waals surface area contributed by atoms with Crippen molar-refractivity contribution in [2.75, 3.05) is 6.61 Å². The first-order valence-electron chi connectivity index (χ1n) is 14.7. The molecule has 0 heterocycles. The highest BCUT2D eigenvalue weighted by Crippen LogP contribution is 2.39. The molecule has 0 saturated heterocycles. The topological polar surface area (TPSA) is 46.5 Å². The first-order chi connectivity index (χ1) is 19.0. The molecule has 1 N–H and O–H groups in total. The Balaban J connectivity index is 1.51. The molecule has 0 aromatic heterocycles. The molecule has 4 rings (SSSR count). The summed E-state index contributed by atoms with van der Waals surface area (Å²) < 4.78 is 5.59. The molecular weight excluding hydrogens is 480 g/mol. The monoisotopic (exact) mass is 524 g/mol. The number of carbonyl (C=O) groups is 1. The second kappa shape index (κ2) is 14.3. The predicted molar refractivity (Wildman–Crippen MR) is 162 cm³/mol. The number of carbonyl (C=O) groups excluding carboxylic acids is 1. The highest BCUT2D eigenvalue weighted by Gasteiger charge is 2.22. The van der Waals surface area contributed by atoms with E-state index in [9.17, 15) is 9.90 Å². The summed E-state index contributed by atoms with van der Waals surface area (Å²) in [6, 6.07) is 23.7. The molecular formula is C36H44O3. The molecule has 0 bridgehead atoms. The molecule has 1 fully saturated rings. The Hall–Kier alpha value is -3.17. The van der Waals surface area contributed by atoms with E-state index in [-0.39, 0.29) is 19.2 Å². The van der Waals surface area contributed by atoms with E-state index in [0.29, 0.717) is 17.9 Å². The van der Waals surface area contributed by atoms with Crippen LogP contribution in [0.1, 0.15) is 87.8 Å². The lowest BCUT2D eigenvalue weighted by molar-refractivity contribution is -0.140. The minimum absolute atomic E-state index is 0.144. The van der Waals surface area contributed by atoms with Gasteiger partial charge in [0.25, 0.3) is 0 Å². The molecule has 3 nitrogen and oxygen atoms in total. The molecule has 1 aliphatic carbocycles. The molecule has 3 aromatic rings. The van der Waals surface area contributed by atoms with Crippen molar-refractivity contribution in [3.05, 3.63) is 95.6 Å². The Bertz CT molecular complexity index is 1220. The molecule has 0 spiro atoms. The van der Waals surface area contributed by atoms with Crippen molar-refractivity contribution in [1.29, 1.82) is 0 Å². The number of aliphatic hydroxyl groups excluding tert-OH is 1. The Labute approximate surface area is 234 Å². The normalized spacial score (nSPS) is 17.1. The van der Waals surface area contributed by atoms with Crippen LogP contribution in [0.4, 0.5) is 0 Å². The van der Waals surface area contributed by atoms with Gasteiger partial charge in [-0.25, -0.2) is 4.79 Å². The number of unbranched alkanes of at least 4 members (excludes halogenated alkanes) is 2. The third-order valence-electron chi connectivity index (χ3n) is 8.26. The summed E-state index contributed by atoms with van der Waals surface area (Å²) in [4.78, 5) is 12.2. The van der Waals surface area contributed by atoms with Gasteiger partial charge in [0.15, 0.2) is 0 Å². The van der Waals surface area contributed by atoms with Crippen LogP contribution in [0.15, 0.2) is 78.9 Å². The van der Waals surface area contributed by atoms with E-state index >= 15 is 0 Å². The molecule has 0 unspecified atom stereocenters. The van der Waals surface area contributed by atoms with E-state index < -0.39 is 0 Å². The van der Waals surface area contributed by atoms with E-state index in [4.69, 9.17) is 4.74 Å². The van der Waals surface area contributed by atoms with Gasteiger partial charge in [-0.05, 0) is 95.9 Å². The van der Waals surface area contributed by atoms with E-state index in [0.717, 1.165) is 39.3 Å². The summed E-state index contributed by atoms with van der Waals surface area (Å²) in [5.41, 5.74) is 8.31. The van der Waals surface area contributed by atoms with Gasteiger partial charge in [0.2, 0.25) is 0 Å². The zero-order chi connectivity index (χ0) is 27.6. The van der Waals surface area contributed by atoms with Crippen LogP contribution in [-0.4, -0.2) is 17.7 Å². The van der Waals surface area contributed by atoms with Crippen molar-refractivity contribution in [3.63, 3.8) is 0 Å². The third kappa shape index (κ3) is 7.92. The minimum atomic E-state index is -0.375. The zero-order valence-corrected chi connectivity index (χ0v) is 23.8. The van der Waals surface area contributed by atoms with Crippen molar-refractivity contribution in [1.82, 2.24) is 0 Å². The number of rotatable bonds is 12. The van der Waals surface area contributed by atoms with Crippen LogP contribution in [0.25, 0.3) is 22.3 Å². The molecule has 39 heavy (non-hydrogen) atoms. The minimum Gasteiger partial charge on any atom is -0.457 e. The van der Waals surface area contributed by atoms with Gasteiger partial charge in [0.1, 0.15) is 6.61 Å². The van der Waals surface area contributed by atoms with Crippen molar-refractivity contribution in [2.45, 2.75) is 84.2 Å². The van der Waals surface area contributed by atoms with Crippen LogP contribution in [0.3, 0.4) is 0 Å². The number of benzene rings is 3. The smallest absolute Gasteiger partial charge is 0.333 e. The fraction of sp³-hybridized carbons (Fsp3) is 0.417. The van der Waals surface area contributed by atoms with Crippen molar-refractivity contribution in [2.24, 2.45) is 5.92 Å². The Morgan fingerprint density at radius 3 is 2.21 bits per heavy atom. The van der Waals surface area contributed by atoms with Crippen LogP contribution in [-0.2, 0) is 22.6 Å². The van der Waals surface area contributed by atoms with Gasteiger partial charge in [-0.1, -0.05) is 99.8 Å². The maximum Gasteiger partial charge on any atom is 0.333 e. The Morgan fingerprint density at radius 2 is 1.56 bits per heavy atom. The fourth-order valence-electron chi connectivity index (χ4n) is 5.84. The lowest BCUT2D eigenvalue weighted by Gasteiger charge is -2.29. The average molecular weight is 525 g/mol.